The third-order valence-electron chi connectivity index (χ3n) is 2.83. The summed E-state index contributed by atoms with van der Waals surface area (Å²) in [6, 6.07) is 15.7. The van der Waals surface area contributed by atoms with E-state index < -0.39 is 0 Å². The summed E-state index contributed by atoms with van der Waals surface area (Å²) in [4.78, 5) is 4.03. The standard InChI is InChI=1S/C15H10N4/c16-9-14-15(7-4-8-17-14)19-11-13(10-18-19)12-5-2-1-3-6-12/h1-8,10-11H. The minimum Gasteiger partial charge on any atom is -0.243 e. The molecule has 3 rings (SSSR count). The number of nitrogens with zero attached hydrogens (tertiary/aromatic N) is 4. The minimum absolute atomic E-state index is 0.366. The highest BCUT2D eigenvalue weighted by Crippen LogP contribution is 2.20. The number of hydrogen-bond donors (Lipinski definition) is 0. The molecule has 0 bridgehead atoms. The summed E-state index contributed by atoms with van der Waals surface area (Å²) in [6.45, 7) is 0. The van der Waals surface area contributed by atoms with Gasteiger partial charge < -0.3 is 0 Å². The van der Waals surface area contributed by atoms with Crippen molar-refractivity contribution in [3.8, 4) is 22.9 Å². The first-order chi connectivity index (χ1) is 9.38. The lowest BCUT2D eigenvalue weighted by Gasteiger charge is -2.01. The zero-order chi connectivity index (χ0) is 13.1. The molecular weight excluding hydrogens is 236 g/mol. The van der Waals surface area contributed by atoms with Crippen molar-refractivity contribution in [2.75, 3.05) is 0 Å². The molecule has 4 nitrogen and oxygen atoms in total. The lowest BCUT2D eigenvalue weighted by molar-refractivity contribution is 0.869. The second-order valence-electron chi connectivity index (χ2n) is 4.02. The van der Waals surface area contributed by atoms with Gasteiger partial charge in [-0.2, -0.15) is 10.4 Å². The van der Waals surface area contributed by atoms with E-state index in [0.717, 1.165) is 11.1 Å². The third kappa shape index (κ3) is 2.09. The number of benzene rings is 1. The lowest BCUT2D eigenvalue weighted by Crippen LogP contribution is -1.99. The summed E-state index contributed by atoms with van der Waals surface area (Å²) in [7, 11) is 0. The molecule has 0 aliphatic rings. The van der Waals surface area contributed by atoms with Gasteiger partial charge in [0.1, 0.15) is 11.8 Å². The van der Waals surface area contributed by atoms with E-state index in [-0.39, 0.29) is 0 Å². The van der Waals surface area contributed by atoms with Crippen LogP contribution in [0.2, 0.25) is 0 Å². The largest absolute Gasteiger partial charge is 0.243 e. The molecule has 0 fully saturated rings. The van der Waals surface area contributed by atoms with Crippen LogP contribution in [0, 0.1) is 11.3 Å². The maximum Gasteiger partial charge on any atom is 0.166 e. The van der Waals surface area contributed by atoms with Crippen LogP contribution >= 0.6 is 0 Å². The molecule has 0 radical (unpaired) electrons. The molecule has 2 heterocycles. The molecule has 4 heteroatoms. The number of pyridine rings is 1. The van der Waals surface area contributed by atoms with Gasteiger partial charge in [-0.05, 0) is 17.7 Å². The van der Waals surface area contributed by atoms with Gasteiger partial charge in [-0.25, -0.2) is 9.67 Å². The van der Waals surface area contributed by atoms with Crippen molar-refractivity contribution in [3.05, 3.63) is 66.7 Å². The maximum atomic E-state index is 9.05. The van der Waals surface area contributed by atoms with Gasteiger partial charge >= 0.3 is 0 Å². The summed E-state index contributed by atoms with van der Waals surface area (Å²) < 4.78 is 1.67. The Hall–Kier alpha value is -2.93. The molecule has 90 valence electrons. The summed E-state index contributed by atoms with van der Waals surface area (Å²) in [5.74, 6) is 0. The average molecular weight is 246 g/mol. The normalized spacial score (nSPS) is 10.1. The molecule has 0 atom stereocenters. The molecule has 0 aliphatic heterocycles. The van der Waals surface area contributed by atoms with E-state index >= 15 is 0 Å². The van der Waals surface area contributed by atoms with Crippen molar-refractivity contribution in [1.29, 1.82) is 5.26 Å². The SMILES string of the molecule is N#Cc1ncccc1-n1cc(-c2ccccc2)cn1. The molecule has 2 aromatic heterocycles. The van der Waals surface area contributed by atoms with Crippen LogP contribution < -0.4 is 0 Å². The van der Waals surface area contributed by atoms with Crippen LogP contribution in [-0.2, 0) is 0 Å². The molecule has 0 unspecified atom stereocenters. The number of aromatic nitrogens is 3. The highest BCUT2D eigenvalue weighted by Gasteiger charge is 2.07. The Balaban J connectivity index is 2.05. The molecule has 0 saturated carbocycles. The molecule has 0 N–H and O–H groups in total. The zero-order valence-electron chi connectivity index (χ0n) is 10.1. The monoisotopic (exact) mass is 246 g/mol. The van der Waals surface area contributed by atoms with Crippen molar-refractivity contribution in [2.24, 2.45) is 0 Å². The topological polar surface area (TPSA) is 54.5 Å². The van der Waals surface area contributed by atoms with Gasteiger partial charge in [0.25, 0.3) is 0 Å². The van der Waals surface area contributed by atoms with Crippen LogP contribution in [0.4, 0.5) is 0 Å². The lowest BCUT2D eigenvalue weighted by atomic mass is 10.1. The van der Waals surface area contributed by atoms with E-state index in [1.54, 1.807) is 23.1 Å². The first-order valence-corrected chi connectivity index (χ1v) is 5.84. The maximum absolute atomic E-state index is 9.05. The van der Waals surface area contributed by atoms with Gasteiger partial charge in [-0.1, -0.05) is 30.3 Å². The Morgan fingerprint density at radius 1 is 1.00 bits per heavy atom. The van der Waals surface area contributed by atoms with E-state index in [9.17, 15) is 0 Å². The average Bonchev–Trinajstić information content (AvgIpc) is 2.98. The van der Waals surface area contributed by atoms with E-state index in [4.69, 9.17) is 5.26 Å². The van der Waals surface area contributed by atoms with Crippen molar-refractivity contribution < 1.29 is 0 Å². The summed E-state index contributed by atoms with van der Waals surface area (Å²) in [5, 5.41) is 13.3. The molecule has 1 aromatic carbocycles. The highest BCUT2D eigenvalue weighted by atomic mass is 15.3. The Bertz CT molecular complexity index is 738. The zero-order valence-corrected chi connectivity index (χ0v) is 10.1. The Kier molecular flexibility index (Phi) is 2.79. The summed E-state index contributed by atoms with van der Waals surface area (Å²) in [6.07, 6.45) is 5.28. The first-order valence-electron chi connectivity index (χ1n) is 5.84. The minimum atomic E-state index is 0.366. The van der Waals surface area contributed by atoms with Gasteiger partial charge in [-0.3, -0.25) is 0 Å². The second kappa shape index (κ2) is 4.75. The number of nitriles is 1. The van der Waals surface area contributed by atoms with Gasteiger partial charge in [0, 0.05) is 18.0 Å². The van der Waals surface area contributed by atoms with Crippen molar-refractivity contribution in [1.82, 2.24) is 14.8 Å². The fourth-order valence-electron chi connectivity index (χ4n) is 1.90. The van der Waals surface area contributed by atoms with E-state index in [1.165, 1.54) is 0 Å². The molecule has 0 spiro atoms. The fourth-order valence-corrected chi connectivity index (χ4v) is 1.90. The van der Waals surface area contributed by atoms with Crippen LogP contribution in [0.25, 0.3) is 16.8 Å². The van der Waals surface area contributed by atoms with Gasteiger partial charge in [-0.15, -0.1) is 0 Å². The Labute approximate surface area is 110 Å². The molecular formula is C15H10N4. The van der Waals surface area contributed by atoms with Crippen LogP contribution in [-0.4, -0.2) is 14.8 Å². The number of rotatable bonds is 2. The highest BCUT2D eigenvalue weighted by molar-refractivity contribution is 5.62. The van der Waals surface area contributed by atoms with Crippen molar-refractivity contribution >= 4 is 0 Å². The van der Waals surface area contributed by atoms with Gasteiger partial charge in [0.05, 0.1) is 6.20 Å². The molecule has 3 aromatic rings. The first kappa shape index (κ1) is 11.2. The van der Waals surface area contributed by atoms with E-state index in [2.05, 4.69) is 16.2 Å². The Morgan fingerprint density at radius 3 is 2.63 bits per heavy atom. The van der Waals surface area contributed by atoms with Crippen LogP contribution in [0.1, 0.15) is 5.69 Å². The molecule has 19 heavy (non-hydrogen) atoms. The van der Waals surface area contributed by atoms with Crippen LogP contribution in [0.3, 0.4) is 0 Å². The predicted octanol–water partition coefficient (Wildman–Crippen LogP) is 2.81. The van der Waals surface area contributed by atoms with Gasteiger partial charge in [0.2, 0.25) is 0 Å². The molecule has 0 saturated heterocycles. The predicted molar refractivity (Wildman–Crippen MR) is 71.5 cm³/mol. The fraction of sp³-hybridized carbons (Fsp3) is 0. The van der Waals surface area contributed by atoms with E-state index in [0.29, 0.717) is 11.4 Å². The Morgan fingerprint density at radius 2 is 1.84 bits per heavy atom. The number of hydrogen-bond acceptors (Lipinski definition) is 3. The molecule has 0 amide bonds. The van der Waals surface area contributed by atoms with Crippen LogP contribution in [0.15, 0.2) is 61.1 Å². The quantitative estimate of drug-likeness (QED) is 0.698. The van der Waals surface area contributed by atoms with Crippen LogP contribution in [0.5, 0.6) is 0 Å². The third-order valence-corrected chi connectivity index (χ3v) is 2.83. The second-order valence-corrected chi connectivity index (χ2v) is 4.02. The summed E-state index contributed by atoms with van der Waals surface area (Å²) >= 11 is 0. The van der Waals surface area contributed by atoms with Crippen molar-refractivity contribution in [3.63, 3.8) is 0 Å². The van der Waals surface area contributed by atoms with E-state index in [1.807, 2.05) is 42.6 Å². The molecule has 0 aliphatic carbocycles. The van der Waals surface area contributed by atoms with Crippen molar-refractivity contribution in [2.45, 2.75) is 0 Å². The van der Waals surface area contributed by atoms with Gasteiger partial charge in [0.15, 0.2) is 5.69 Å². The summed E-state index contributed by atoms with van der Waals surface area (Å²) in [5.41, 5.74) is 3.15. The smallest absolute Gasteiger partial charge is 0.166 e.